The molecule has 0 amide bonds. The summed E-state index contributed by atoms with van der Waals surface area (Å²) >= 11 is 0. The van der Waals surface area contributed by atoms with E-state index >= 15 is 0 Å². The zero-order chi connectivity index (χ0) is 10.7. The van der Waals surface area contributed by atoms with Gasteiger partial charge in [-0.1, -0.05) is 6.42 Å². The van der Waals surface area contributed by atoms with E-state index in [2.05, 4.69) is 0 Å². The smallest absolute Gasteiger partial charge is 0.150 e. The Morgan fingerprint density at radius 2 is 1.93 bits per heavy atom. The summed E-state index contributed by atoms with van der Waals surface area (Å²) in [4.78, 5) is 5.71. The maximum Gasteiger partial charge on any atom is 0.150 e. The summed E-state index contributed by atoms with van der Waals surface area (Å²) in [6.07, 6.45) is 3.64. The first-order chi connectivity index (χ1) is 7.25. The van der Waals surface area contributed by atoms with E-state index < -0.39 is 0 Å². The summed E-state index contributed by atoms with van der Waals surface area (Å²) in [5.74, 6) is 0.553. The summed E-state index contributed by atoms with van der Waals surface area (Å²) in [6, 6.07) is 4.63. The molecule has 1 fully saturated rings. The minimum Gasteiger partial charge on any atom is -0.406 e. The van der Waals surface area contributed by atoms with Gasteiger partial charge in [0, 0.05) is 13.1 Å². The maximum absolute atomic E-state index is 12.9. The fourth-order valence-corrected chi connectivity index (χ4v) is 1.81. The minimum atomic E-state index is -0.210. The Balaban J connectivity index is 2.03. The van der Waals surface area contributed by atoms with Crippen LogP contribution in [-0.2, 0) is 0 Å². The molecule has 1 aromatic rings. The molecule has 0 unspecified atom stereocenters. The lowest BCUT2D eigenvalue weighted by Gasteiger charge is -2.26. The van der Waals surface area contributed by atoms with Crippen LogP contribution < -0.4 is 4.84 Å². The molecule has 0 bridgehead atoms. The average Bonchev–Trinajstić information content (AvgIpc) is 2.24. The topological polar surface area (TPSA) is 12.5 Å². The van der Waals surface area contributed by atoms with Crippen molar-refractivity contribution in [2.75, 3.05) is 13.1 Å². The van der Waals surface area contributed by atoms with E-state index in [0.717, 1.165) is 24.4 Å². The molecule has 1 aromatic carbocycles. The van der Waals surface area contributed by atoms with Crippen molar-refractivity contribution in [3.63, 3.8) is 0 Å². The predicted octanol–water partition coefficient (Wildman–Crippen LogP) is 2.91. The van der Waals surface area contributed by atoms with Gasteiger partial charge in [0.25, 0.3) is 0 Å². The molecule has 1 aliphatic heterocycles. The van der Waals surface area contributed by atoms with Crippen LogP contribution in [0.1, 0.15) is 24.8 Å². The Morgan fingerprint density at radius 1 is 1.20 bits per heavy atom. The largest absolute Gasteiger partial charge is 0.406 e. The molecule has 0 aliphatic carbocycles. The zero-order valence-corrected chi connectivity index (χ0v) is 9.00. The number of piperidine rings is 1. The van der Waals surface area contributed by atoms with E-state index in [4.69, 9.17) is 4.84 Å². The third kappa shape index (κ3) is 2.69. The fraction of sp³-hybridized carbons (Fsp3) is 0.500. The highest BCUT2D eigenvalue weighted by molar-refractivity contribution is 5.32. The standard InChI is InChI=1S/C12H16FNO/c1-10-9-11(13)5-6-12(10)15-14-7-3-2-4-8-14/h5-6,9H,2-4,7-8H2,1H3. The lowest BCUT2D eigenvalue weighted by Crippen LogP contribution is -2.33. The van der Waals surface area contributed by atoms with Crippen LogP contribution in [0.5, 0.6) is 5.75 Å². The molecule has 0 radical (unpaired) electrons. The van der Waals surface area contributed by atoms with E-state index in [1.54, 1.807) is 6.07 Å². The van der Waals surface area contributed by atoms with Crippen molar-refractivity contribution in [2.45, 2.75) is 26.2 Å². The van der Waals surface area contributed by atoms with E-state index in [1.807, 2.05) is 12.0 Å². The van der Waals surface area contributed by atoms with Crippen LogP contribution in [-0.4, -0.2) is 18.2 Å². The van der Waals surface area contributed by atoms with Crippen LogP contribution in [0.2, 0.25) is 0 Å². The lowest BCUT2D eigenvalue weighted by atomic mass is 10.2. The molecule has 1 heterocycles. The van der Waals surface area contributed by atoms with Crippen LogP contribution in [0.15, 0.2) is 18.2 Å². The third-order valence-electron chi connectivity index (χ3n) is 2.68. The number of benzene rings is 1. The quantitative estimate of drug-likeness (QED) is 0.742. The van der Waals surface area contributed by atoms with Gasteiger partial charge in [-0.05, 0) is 43.5 Å². The summed E-state index contributed by atoms with van der Waals surface area (Å²) in [5, 5.41) is 1.96. The molecule has 2 nitrogen and oxygen atoms in total. The van der Waals surface area contributed by atoms with Crippen molar-refractivity contribution in [3.8, 4) is 5.75 Å². The number of hydrogen-bond acceptors (Lipinski definition) is 2. The van der Waals surface area contributed by atoms with E-state index in [0.29, 0.717) is 0 Å². The summed E-state index contributed by atoms with van der Waals surface area (Å²) in [5.41, 5.74) is 0.848. The number of hydrogen-bond donors (Lipinski definition) is 0. The van der Waals surface area contributed by atoms with Crippen LogP contribution in [0, 0.1) is 12.7 Å². The maximum atomic E-state index is 12.9. The molecule has 15 heavy (non-hydrogen) atoms. The average molecular weight is 209 g/mol. The van der Waals surface area contributed by atoms with Crippen LogP contribution in [0.4, 0.5) is 4.39 Å². The van der Waals surface area contributed by atoms with Gasteiger partial charge in [0.15, 0.2) is 5.75 Å². The number of hydroxylamine groups is 2. The molecule has 0 aromatic heterocycles. The van der Waals surface area contributed by atoms with Crippen molar-refractivity contribution < 1.29 is 9.23 Å². The first-order valence-electron chi connectivity index (χ1n) is 5.45. The molecule has 82 valence electrons. The van der Waals surface area contributed by atoms with Gasteiger partial charge in [0.05, 0.1) is 0 Å². The van der Waals surface area contributed by atoms with Crippen LogP contribution in [0.25, 0.3) is 0 Å². The van der Waals surface area contributed by atoms with Crippen molar-refractivity contribution in [2.24, 2.45) is 0 Å². The van der Waals surface area contributed by atoms with Crippen molar-refractivity contribution in [1.82, 2.24) is 5.06 Å². The highest BCUT2D eigenvalue weighted by Crippen LogP contribution is 2.21. The van der Waals surface area contributed by atoms with E-state index in [-0.39, 0.29) is 5.82 Å². The van der Waals surface area contributed by atoms with Gasteiger partial charge in [-0.3, -0.25) is 0 Å². The Labute approximate surface area is 89.6 Å². The van der Waals surface area contributed by atoms with Crippen LogP contribution in [0.3, 0.4) is 0 Å². The SMILES string of the molecule is Cc1cc(F)ccc1ON1CCCCC1. The van der Waals surface area contributed by atoms with Gasteiger partial charge in [0.1, 0.15) is 5.82 Å². The van der Waals surface area contributed by atoms with Crippen molar-refractivity contribution in [1.29, 1.82) is 0 Å². The molecular formula is C12H16FNO. The second-order valence-corrected chi connectivity index (χ2v) is 3.99. The Morgan fingerprint density at radius 3 is 2.60 bits per heavy atom. The summed E-state index contributed by atoms with van der Waals surface area (Å²) in [7, 11) is 0. The molecule has 0 spiro atoms. The molecule has 0 atom stereocenters. The van der Waals surface area contributed by atoms with Gasteiger partial charge in [-0.15, -0.1) is 5.06 Å². The number of halogens is 1. The molecule has 0 N–H and O–H groups in total. The first-order valence-corrected chi connectivity index (χ1v) is 5.45. The predicted molar refractivity (Wildman–Crippen MR) is 57.2 cm³/mol. The second kappa shape index (κ2) is 4.62. The first kappa shape index (κ1) is 10.4. The Hall–Kier alpha value is -1.09. The molecule has 2 rings (SSSR count). The summed E-state index contributed by atoms with van der Waals surface area (Å²) in [6.45, 7) is 3.80. The van der Waals surface area contributed by atoms with E-state index in [9.17, 15) is 4.39 Å². The normalized spacial score (nSPS) is 17.7. The van der Waals surface area contributed by atoms with Gasteiger partial charge >= 0.3 is 0 Å². The Bertz CT molecular complexity index is 334. The molecule has 1 saturated heterocycles. The highest BCUT2D eigenvalue weighted by atomic mass is 19.1. The molecule has 3 heteroatoms. The second-order valence-electron chi connectivity index (χ2n) is 3.99. The number of aryl methyl sites for hydroxylation is 1. The van der Waals surface area contributed by atoms with Gasteiger partial charge in [-0.25, -0.2) is 4.39 Å². The van der Waals surface area contributed by atoms with Gasteiger partial charge in [-0.2, -0.15) is 0 Å². The lowest BCUT2D eigenvalue weighted by molar-refractivity contribution is -0.0725. The van der Waals surface area contributed by atoms with Crippen molar-refractivity contribution >= 4 is 0 Å². The monoisotopic (exact) mass is 209 g/mol. The van der Waals surface area contributed by atoms with Gasteiger partial charge in [0.2, 0.25) is 0 Å². The molecule has 1 aliphatic rings. The van der Waals surface area contributed by atoms with Crippen molar-refractivity contribution in [3.05, 3.63) is 29.6 Å². The highest BCUT2D eigenvalue weighted by Gasteiger charge is 2.12. The molecule has 0 saturated carbocycles. The Kier molecular flexibility index (Phi) is 3.21. The van der Waals surface area contributed by atoms with Gasteiger partial charge < -0.3 is 4.84 Å². The molecular weight excluding hydrogens is 193 g/mol. The van der Waals surface area contributed by atoms with Crippen LogP contribution >= 0.6 is 0 Å². The number of nitrogens with zero attached hydrogens (tertiary/aromatic N) is 1. The number of rotatable bonds is 2. The fourth-order valence-electron chi connectivity index (χ4n) is 1.81. The van der Waals surface area contributed by atoms with E-state index in [1.165, 1.54) is 31.4 Å². The third-order valence-corrected chi connectivity index (χ3v) is 2.68. The minimum absolute atomic E-state index is 0.210. The zero-order valence-electron chi connectivity index (χ0n) is 9.00. The summed E-state index contributed by atoms with van der Waals surface area (Å²) < 4.78 is 12.9.